The molecule has 2 aromatic rings. The van der Waals surface area contributed by atoms with Gasteiger partial charge < -0.3 is 10.4 Å². The number of nitrogens with one attached hydrogen (secondary N) is 1. The number of phenols is 1. The minimum atomic E-state index is -0.112. The molecule has 0 aromatic heterocycles. The predicted molar refractivity (Wildman–Crippen MR) is 135 cm³/mol. The summed E-state index contributed by atoms with van der Waals surface area (Å²) in [4.78, 5) is 0. The highest BCUT2D eigenvalue weighted by Gasteiger charge is 2.32. The van der Waals surface area contributed by atoms with Crippen LogP contribution in [0.5, 0.6) is 5.75 Å². The van der Waals surface area contributed by atoms with Gasteiger partial charge in [-0.15, -0.1) is 0 Å². The molecule has 3 heteroatoms. The van der Waals surface area contributed by atoms with Gasteiger partial charge in [0.15, 0.2) is 0 Å². The van der Waals surface area contributed by atoms with Crippen molar-refractivity contribution in [3.05, 3.63) is 58.1 Å². The Morgan fingerprint density at radius 3 is 2.07 bits per heavy atom. The van der Waals surface area contributed by atoms with Crippen molar-refractivity contribution < 1.29 is 5.11 Å². The van der Waals surface area contributed by atoms with Crippen molar-refractivity contribution in [2.75, 3.05) is 0 Å². The Kier molecular flexibility index (Phi) is 7.48. The molecule has 30 heavy (non-hydrogen) atoms. The average molecular weight is 428 g/mol. The van der Waals surface area contributed by atoms with Crippen LogP contribution in [-0.4, -0.2) is 10.6 Å². The van der Waals surface area contributed by atoms with Gasteiger partial charge in [-0.1, -0.05) is 79.1 Å². The van der Waals surface area contributed by atoms with Gasteiger partial charge in [0.05, 0.1) is 0 Å². The van der Waals surface area contributed by atoms with Crippen LogP contribution >= 0.6 is 8.58 Å². The molecule has 0 aliphatic carbocycles. The van der Waals surface area contributed by atoms with E-state index < -0.39 is 0 Å². The van der Waals surface area contributed by atoms with Crippen LogP contribution in [0.15, 0.2) is 30.3 Å². The smallest absolute Gasteiger partial charge is 0.123 e. The summed E-state index contributed by atoms with van der Waals surface area (Å²) in [7, 11) is 0.589. The number of hydrogen-bond acceptors (Lipinski definition) is 2. The molecule has 2 rings (SSSR count). The first-order valence-electron chi connectivity index (χ1n) is 11.1. The normalized spacial score (nSPS) is 15.0. The summed E-state index contributed by atoms with van der Waals surface area (Å²) in [5, 5.41) is 16.3. The average Bonchev–Trinajstić information content (AvgIpc) is 2.62. The fourth-order valence-corrected chi connectivity index (χ4v) is 5.47. The number of aryl methyl sites for hydroxylation is 2. The maximum absolute atomic E-state index is 11.3. The highest BCUT2D eigenvalue weighted by Crippen LogP contribution is 2.50. The van der Waals surface area contributed by atoms with Crippen LogP contribution in [0.1, 0.15) is 89.6 Å². The highest BCUT2D eigenvalue weighted by molar-refractivity contribution is 7.48. The molecule has 0 heterocycles. The first-order chi connectivity index (χ1) is 13.7. The van der Waals surface area contributed by atoms with Gasteiger partial charge in [0.2, 0.25) is 0 Å². The second kappa shape index (κ2) is 9.01. The zero-order chi connectivity index (χ0) is 22.9. The van der Waals surface area contributed by atoms with E-state index in [1.807, 2.05) is 0 Å². The van der Waals surface area contributed by atoms with Gasteiger partial charge in [0, 0.05) is 22.8 Å². The zero-order valence-electron chi connectivity index (χ0n) is 20.7. The number of phenolic OH excluding ortho intramolecular Hbond substituents is 1. The summed E-state index contributed by atoms with van der Waals surface area (Å²) < 4.78 is 0. The molecule has 0 fully saturated rings. The molecular weight excluding hydrogens is 385 g/mol. The summed E-state index contributed by atoms with van der Waals surface area (Å²) in [5.74, 6) is 0.480. The Labute approximate surface area is 186 Å². The van der Waals surface area contributed by atoms with Crippen molar-refractivity contribution in [1.29, 1.82) is 0 Å². The first-order valence-corrected chi connectivity index (χ1v) is 12.1. The molecule has 2 aromatic carbocycles. The number of benzene rings is 2. The second-order valence-corrected chi connectivity index (χ2v) is 12.8. The Hall–Kier alpha value is -1.37. The molecule has 2 atom stereocenters. The van der Waals surface area contributed by atoms with Gasteiger partial charge in [-0.3, -0.25) is 0 Å². The molecule has 166 valence electrons. The molecule has 0 aliphatic heterocycles. The molecule has 0 radical (unpaired) electrons. The molecule has 2 nitrogen and oxygen atoms in total. The molecule has 0 saturated heterocycles. The lowest BCUT2D eigenvalue weighted by molar-refractivity contribution is 0.425. The third-order valence-electron chi connectivity index (χ3n) is 5.93. The first kappa shape index (κ1) is 24.9. The topological polar surface area (TPSA) is 32.3 Å². The van der Waals surface area contributed by atoms with E-state index in [2.05, 4.69) is 105 Å². The monoisotopic (exact) mass is 427 g/mol. The van der Waals surface area contributed by atoms with Crippen LogP contribution in [0.25, 0.3) is 0 Å². The lowest BCUT2D eigenvalue weighted by atomic mass is 9.82. The van der Waals surface area contributed by atoms with Crippen LogP contribution in [-0.2, 0) is 17.1 Å². The number of rotatable bonds is 6. The van der Waals surface area contributed by atoms with E-state index in [9.17, 15) is 5.11 Å². The maximum atomic E-state index is 11.3. The van der Waals surface area contributed by atoms with Gasteiger partial charge in [0.25, 0.3) is 0 Å². The molecule has 2 N–H and O–H groups in total. The molecule has 0 saturated carbocycles. The number of hydrogen-bond donors (Lipinski definition) is 2. The second-order valence-electron chi connectivity index (χ2n) is 11.0. The maximum Gasteiger partial charge on any atom is 0.123 e. The zero-order valence-corrected chi connectivity index (χ0v) is 21.7. The van der Waals surface area contributed by atoms with Gasteiger partial charge in [-0.2, -0.15) is 0 Å². The predicted octanol–water partition coefficient (Wildman–Crippen LogP) is 6.82. The summed E-state index contributed by atoms with van der Waals surface area (Å²) in [6.07, 6.45) is 0.979. The Morgan fingerprint density at radius 2 is 1.53 bits per heavy atom. The summed E-state index contributed by atoms with van der Waals surface area (Å²) in [5.41, 5.74) is 6.04. The van der Waals surface area contributed by atoms with E-state index in [-0.39, 0.29) is 16.1 Å². The Bertz CT molecular complexity index is 889. The van der Waals surface area contributed by atoms with Crippen LogP contribution in [0.2, 0.25) is 0 Å². The van der Waals surface area contributed by atoms with Crippen molar-refractivity contribution in [1.82, 2.24) is 5.32 Å². The van der Waals surface area contributed by atoms with Crippen molar-refractivity contribution in [2.45, 2.75) is 98.3 Å². The highest BCUT2D eigenvalue weighted by atomic mass is 31.1. The van der Waals surface area contributed by atoms with E-state index in [4.69, 9.17) is 0 Å². The molecule has 0 spiro atoms. The van der Waals surface area contributed by atoms with Gasteiger partial charge in [-0.25, -0.2) is 0 Å². The van der Waals surface area contributed by atoms with Gasteiger partial charge in [-0.05, 0) is 68.4 Å². The van der Waals surface area contributed by atoms with E-state index >= 15 is 0 Å². The van der Waals surface area contributed by atoms with E-state index in [0.29, 0.717) is 14.3 Å². The van der Waals surface area contributed by atoms with E-state index in [1.54, 1.807) is 0 Å². The molecular formula is C27H42NOP. The largest absolute Gasteiger partial charge is 0.507 e. The quantitative estimate of drug-likeness (QED) is 0.496. The van der Waals surface area contributed by atoms with E-state index in [1.165, 1.54) is 22.0 Å². The van der Waals surface area contributed by atoms with Crippen LogP contribution < -0.4 is 10.6 Å². The van der Waals surface area contributed by atoms with Crippen LogP contribution in [0, 0.1) is 13.8 Å². The lowest BCUT2D eigenvalue weighted by Crippen LogP contribution is -2.36. The minimum absolute atomic E-state index is 0.0780. The van der Waals surface area contributed by atoms with Crippen molar-refractivity contribution in [2.24, 2.45) is 0 Å². The molecule has 0 aliphatic rings. The molecule has 0 bridgehead atoms. The van der Waals surface area contributed by atoms with Crippen LogP contribution in [0.4, 0.5) is 0 Å². The Balaban J connectivity index is 2.55. The molecule has 2 unspecified atom stereocenters. The fraction of sp³-hybridized carbons (Fsp3) is 0.556. The Morgan fingerprint density at radius 1 is 0.933 bits per heavy atom. The summed E-state index contributed by atoms with van der Waals surface area (Å²) >= 11 is 0. The van der Waals surface area contributed by atoms with Gasteiger partial charge in [0.1, 0.15) is 5.75 Å². The number of aromatic hydroxyl groups is 1. The summed E-state index contributed by atoms with van der Waals surface area (Å²) in [6.45, 7) is 22.9. The van der Waals surface area contributed by atoms with Crippen molar-refractivity contribution in [3.63, 3.8) is 0 Å². The van der Waals surface area contributed by atoms with Crippen LogP contribution in [0.3, 0.4) is 0 Å². The SMILES string of the molecule is CCC(C)(Pc1c(C)cccc1CNC(C)(C)C)c1cc(C)cc(C(C)(C)C)c1O. The third kappa shape index (κ3) is 5.86. The van der Waals surface area contributed by atoms with Gasteiger partial charge >= 0.3 is 0 Å². The standard InChI is InChI=1S/C27H42NOP/c1-11-27(10,22-16-18(2)15-21(23(22)29)25(4,5)6)30-24-19(3)13-12-14-20(24)17-28-26(7,8)9/h12-16,28-30H,11,17H2,1-10H3. The lowest BCUT2D eigenvalue weighted by Gasteiger charge is -2.34. The third-order valence-corrected chi connectivity index (χ3v) is 8.07. The van der Waals surface area contributed by atoms with Crippen molar-refractivity contribution >= 4 is 13.9 Å². The summed E-state index contributed by atoms with van der Waals surface area (Å²) in [6, 6.07) is 11.0. The molecule has 0 amide bonds. The van der Waals surface area contributed by atoms with Crippen molar-refractivity contribution in [3.8, 4) is 5.75 Å². The minimum Gasteiger partial charge on any atom is -0.507 e. The van der Waals surface area contributed by atoms with E-state index in [0.717, 1.165) is 24.1 Å². The fourth-order valence-electron chi connectivity index (χ4n) is 3.81.